The summed E-state index contributed by atoms with van der Waals surface area (Å²) in [5.41, 5.74) is 2.40. The van der Waals surface area contributed by atoms with Crippen LogP contribution in [0.1, 0.15) is 0 Å². The summed E-state index contributed by atoms with van der Waals surface area (Å²) in [4.78, 5) is 6.35. The Balaban J connectivity index is 2.31. The number of anilines is 1. The van der Waals surface area contributed by atoms with E-state index in [1.807, 2.05) is 25.7 Å². The highest BCUT2D eigenvalue weighted by atomic mass is 32.1. The topological polar surface area (TPSA) is 16.1 Å². The van der Waals surface area contributed by atoms with E-state index < -0.39 is 0 Å². The highest BCUT2D eigenvalue weighted by molar-refractivity contribution is 7.13. The Bertz CT molecular complexity index is 390. The van der Waals surface area contributed by atoms with Gasteiger partial charge in [-0.3, -0.25) is 0 Å². The van der Waals surface area contributed by atoms with Gasteiger partial charge in [0.15, 0.2) is 0 Å². The van der Waals surface area contributed by atoms with Gasteiger partial charge in [0.25, 0.3) is 0 Å². The Hall–Kier alpha value is -1.35. The van der Waals surface area contributed by atoms with Crippen molar-refractivity contribution in [1.82, 2.24) is 4.98 Å². The second-order valence-electron chi connectivity index (χ2n) is 3.28. The lowest BCUT2D eigenvalue weighted by molar-refractivity contribution is 1.13. The predicted molar refractivity (Wildman–Crippen MR) is 61.9 cm³/mol. The summed E-state index contributed by atoms with van der Waals surface area (Å²) in [7, 11) is 4.08. The average molecular weight is 204 g/mol. The second kappa shape index (κ2) is 3.80. The van der Waals surface area contributed by atoms with E-state index in [2.05, 4.69) is 34.1 Å². The Labute approximate surface area is 87.8 Å². The van der Waals surface area contributed by atoms with Crippen LogP contribution in [0, 0.1) is 0 Å². The summed E-state index contributed by atoms with van der Waals surface area (Å²) in [5.74, 6) is 0. The molecule has 0 fully saturated rings. The van der Waals surface area contributed by atoms with Gasteiger partial charge in [-0.25, -0.2) is 4.98 Å². The lowest BCUT2D eigenvalue weighted by atomic mass is 10.2. The number of nitrogens with zero attached hydrogens (tertiary/aromatic N) is 2. The fraction of sp³-hybridized carbons (Fsp3) is 0.182. The molecule has 0 N–H and O–H groups in total. The third kappa shape index (κ3) is 1.77. The molecule has 0 spiro atoms. The van der Waals surface area contributed by atoms with Crippen LogP contribution in [0.2, 0.25) is 0 Å². The van der Waals surface area contributed by atoms with Gasteiger partial charge in [-0.2, -0.15) is 0 Å². The second-order valence-corrected chi connectivity index (χ2v) is 4.17. The molecule has 0 aliphatic carbocycles. The number of hydrogen-bond acceptors (Lipinski definition) is 3. The lowest BCUT2D eigenvalue weighted by Gasteiger charge is -2.11. The minimum absolute atomic E-state index is 1.08. The minimum atomic E-state index is 1.08. The number of hydrogen-bond donors (Lipinski definition) is 0. The molecule has 0 aliphatic rings. The van der Waals surface area contributed by atoms with Gasteiger partial charge in [-0.15, -0.1) is 11.3 Å². The van der Waals surface area contributed by atoms with Crippen LogP contribution in [-0.4, -0.2) is 19.1 Å². The maximum atomic E-state index is 4.27. The predicted octanol–water partition coefficient (Wildman–Crippen LogP) is 2.88. The molecule has 3 heteroatoms. The molecule has 0 aliphatic heterocycles. The summed E-state index contributed by atoms with van der Waals surface area (Å²) in [6.07, 6.45) is 1.83. The molecule has 2 aromatic rings. The van der Waals surface area contributed by atoms with Crippen molar-refractivity contribution in [3.63, 3.8) is 0 Å². The van der Waals surface area contributed by atoms with Crippen LogP contribution >= 0.6 is 11.3 Å². The molecule has 1 heterocycles. The SMILES string of the molecule is CN(C)c1ccc(-c2nccs2)cc1. The zero-order valence-electron chi connectivity index (χ0n) is 8.27. The fourth-order valence-electron chi connectivity index (χ4n) is 1.27. The molecule has 0 amide bonds. The summed E-state index contributed by atoms with van der Waals surface area (Å²) < 4.78 is 0. The van der Waals surface area contributed by atoms with Crippen LogP contribution in [0.3, 0.4) is 0 Å². The average Bonchev–Trinajstić information content (AvgIpc) is 2.71. The Morgan fingerprint density at radius 1 is 1.14 bits per heavy atom. The van der Waals surface area contributed by atoms with Gasteiger partial charge >= 0.3 is 0 Å². The van der Waals surface area contributed by atoms with Crippen molar-refractivity contribution in [3.8, 4) is 10.6 Å². The molecule has 72 valence electrons. The van der Waals surface area contributed by atoms with Gasteiger partial charge in [0.1, 0.15) is 5.01 Å². The van der Waals surface area contributed by atoms with Crippen molar-refractivity contribution in [2.75, 3.05) is 19.0 Å². The van der Waals surface area contributed by atoms with Crippen LogP contribution < -0.4 is 4.90 Å². The van der Waals surface area contributed by atoms with Crippen molar-refractivity contribution < 1.29 is 0 Å². The number of thiazole rings is 1. The largest absolute Gasteiger partial charge is 0.378 e. The van der Waals surface area contributed by atoms with Crippen LogP contribution in [0.25, 0.3) is 10.6 Å². The van der Waals surface area contributed by atoms with Gasteiger partial charge in [0.05, 0.1) is 0 Å². The standard InChI is InChI=1S/C11H12N2S/c1-13(2)10-5-3-9(4-6-10)11-12-7-8-14-11/h3-8H,1-2H3. The van der Waals surface area contributed by atoms with Crippen LogP contribution in [-0.2, 0) is 0 Å². The molecule has 0 unspecified atom stereocenters. The highest BCUT2D eigenvalue weighted by Crippen LogP contribution is 2.23. The van der Waals surface area contributed by atoms with Crippen molar-refractivity contribution in [2.45, 2.75) is 0 Å². The number of rotatable bonds is 2. The Morgan fingerprint density at radius 2 is 1.86 bits per heavy atom. The molecule has 0 saturated carbocycles. The highest BCUT2D eigenvalue weighted by Gasteiger charge is 2.00. The number of benzene rings is 1. The van der Waals surface area contributed by atoms with Crippen LogP contribution in [0.15, 0.2) is 35.8 Å². The molecule has 1 aromatic heterocycles. The zero-order chi connectivity index (χ0) is 9.97. The Morgan fingerprint density at radius 3 is 2.36 bits per heavy atom. The third-order valence-corrected chi connectivity index (χ3v) is 2.89. The molecule has 0 bridgehead atoms. The van der Waals surface area contributed by atoms with Gasteiger partial charge in [0.2, 0.25) is 0 Å². The summed E-state index contributed by atoms with van der Waals surface area (Å²) >= 11 is 1.67. The molecule has 0 atom stereocenters. The van der Waals surface area contributed by atoms with E-state index in [-0.39, 0.29) is 0 Å². The van der Waals surface area contributed by atoms with Gasteiger partial charge < -0.3 is 4.90 Å². The quantitative estimate of drug-likeness (QED) is 0.747. The van der Waals surface area contributed by atoms with Gasteiger partial charge in [-0.1, -0.05) is 0 Å². The molecular weight excluding hydrogens is 192 g/mol. The first-order valence-electron chi connectivity index (χ1n) is 4.44. The lowest BCUT2D eigenvalue weighted by Crippen LogP contribution is -2.07. The summed E-state index contributed by atoms with van der Waals surface area (Å²) in [5, 5.41) is 3.07. The van der Waals surface area contributed by atoms with E-state index in [4.69, 9.17) is 0 Å². The van der Waals surface area contributed by atoms with E-state index >= 15 is 0 Å². The van der Waals surface area contributed by atoms with E-state index in [0.717, 1.165) is 5.01 Å². The van der Waals surface area contributed by atoms with E-state index in [9.17, 15) is 0 Å². The number of aromatic nitrogens is 1. The first kappa shape index (κ1) is 9.21. The van der Waals surface area contributed by atoms with E-state index in [0.29, 0.717) is 0 Å². The first-order valence-corrected chi connectivity index (χ1v) is 5.32. The molecule has 2 rings (SSSR count). The molecule has 2 nitrogen and oxygen atoms in total. The van der Waals surface area contributed by atoms with Crippen molar-refractivity contribution in [1.29, 1.82) is 0 Å². The summed E-state index contributed by atoms with van der Waals surface area (Å²) in [6, 6.07) is 8.43. The molecule has 1 aromatic carbocycles. The third-order valence-electron chi connectivity index (χ3n) is 2.06. The fourth-order valence-corrected chi connectivity index (χ4v) is 1.91. The minimum Gasteiger partial charge on any atom is -0.378 e. The van der Waals surface area contributed by atoms with Crippen LogP contribution in [0.5, 0.6) is 0 Å². The van der Waals surface area contributed by atoms with E-state index in [1.54, 1.807) is 11.3 Å². The normalized spacial score (nSPS) is 10.1. The maximum Gasteiger partial charge on any atom is 0.123 e. The molecular formula is C11H12N2S. The van der Waals surface area contributed by atoms with Crippen LogP contribution in [0.4, 0.5) is 5.69 Å². The van der Waals surface area contributed by atoms with Crippen molar-refractivity contribution >= 4 is 17.0 Å². The molecule has 0 radical (unpaired) electrons. The van der Waals surface area contributed by atoms with Crippen molar-refractivity contribution in [2.24, 2.45) is 0 Å². The van der Waals surface area contributed by atoms with Gasteiger partial charge in [0, 0.05) is 36.9 Å². The van der Waals surface area contributed by atoms with Crippen molar-refractivity contribution in [3.05, 3.63) is 35.8 Å². The van der Waals surface area contributed by atoms with Gasteiger partial charge in [-0.05, 0) is 24.3 Å². The summed E-state index contributed by atoms with van der Waals surface area (Å²) in [6.45, 7) is 0. The monoisotopic (exact) mass is 204 g/mol. The molecule has 14 heavy (non-hydrogen) atoms. The first-order chi connectivity index (χ1) is 6.77. The van der Waals surface area contributed by atoms with E-state index in [1.165, 1.54) is 11.3 Å². The zero-order valence-corrected chi connectivity index (χ0v) is 9.08. The maximum absolute atomic E-state index is 4.27. The molecule has 0 saturated heterocycles. The Kier molecular flexibility index (Phi) is 2.50. The smallest absolute Gasteiger partial charge is 0.123 e.